The number of hydrogen-bond donors (Lipinski definition) is 4. The van der Waals surface area contributed by atoms with E-state index in [0.717, 1.165) is 34.9 Å². The topological polar surface area (TPSA) is 139 Å². The molecule has 43 heavy (non-hydrogen) atoms. The van der Waals surface area contributed by atoms with Gasteiger partial charge in [0.2, 0.25) is 0 Å². The average Bonchev–Trinajstić information content (AvgIpc) is 3.49. The quantitative estimate of drug-likeness (QED) is 0.195. The number of amides is 1. The van der Waals surface area contributed by atoms with Crippen LogP contribution >= 0.6 is 23.2 Å². The fourth-order valence-corrected chi connectivity index (χ4v) is 5.86. The molecule has 11 nitrogen and oxygen atoms in total. The maximum absolute atomic E-state index is 12.5. The lowest BCUT2D eigenvalue weighted by atomic mass is 10.1. The van der Waals surface area contributed by atoms with Gasteiger partial charge < -0.3 is 30.2 Å². The van der Waals surface area contributed by atoms with Gasteiger partial charge in [-0.25, -0.2) is 15.0 Å². The summed E-state index contributed by atoms with van der Waals surface area (Å²) >= 11 is 12.4. The van der Waals surface area contributed by atoms with Crippen LogP contribution in [-0.4, -0.2) is 71.1 Å². The third kappa shape index (κ3) is 5.54. The number of benzene rings is 2. The molecule has 13 heteroatoms. The number of rotatable bonds is 9. The number of aliphatic hydroxyl groups excluding tert-OH is 2. The van der Waals surface area contributed by atoms with Gasteiger partial charge in [0.05, 0.1) is 6.33 Å². The standard InChI is InChI=1S/C30H29Cl2N7O4/c31-18-3-1-16(2-4-18)12-38-13-17(21-11-19(32)5-8-22(21)38)9-10-33-27-23-28(35-14-34-27)39(15-36-23)30-25(41)24(40)26(43-30)29(42)37-20-6-7-20/h1-5,8,11,13-15,20,24-26,30,40-41H,6-7,9-10,12H2,(H,37,42)(H,33,34,35)/t24-,25+,26-,30?/m0/s1. The van der Waals surface area contributed by atoms with Crippen molar-refractivity contribution in [2.24, 2.45) is 0 Å². The van der Waals surface area contributed by atoms with Crippen LogP contribution in [0.2, 0.25) is 10.0 Å². The smallest absolute Gasteiger partial charge is 0.252 e. The molecule has 1 aliphatic carbocycles. The molecule has 4 N–H and O–H groups in total. The van der Waals surface area contributed by atoms with Crippen LogP contribution in [-0.2, 0) is 22.5 Å². The van der Waals surface area contributed by atoms with E-state index in [9.17, 15) is 15.0 Å². The fourth-order valence-electron chi connectivity index (χ4n) is 5.56. The number of aromatic nitrogens is 5. The van der Waals surface area contributed by atoms with E-state index in [1.165, 1.54) is 17.2 Å². The van der Waals surface area contributed by atoms with E-state index >= 15 is 0 Å². The Balaban J connectivity index is 1.08. The fraction of sp³-hybridized carbons (Fsp3) is 0.333. The first kappa shape index (κ1) is 28.1. The molecule has 5 aromatic rings. The second-order valence-corrected chi connectivity index (χ2v) is 11.9. The number of carbonyl (C=O) groups excluding carboxylic acids is 1. The third-order valence-corrected chi connectivity index (χ3v) is 8.42. The van der Waals surface area contributed by atoms with Crippen molar-refractivity contribution in [3.8, 4) is 0 Å². The normalized spacial score (nSPS) is 22.0. The Kier molecular flexibility index (Phi) is 7.44. The summed E-state index contributed by atoms with van der Waals surface area (Å²) in [6.07, 6.45) is 2.56. The summed E-state index contributed by atoms with van der Waals surface area (Å²) in [6, 6.07) is 13.8. The maximum atomic E-state index is 12.5. The maximum Gasteiger partial charge on any atom is 0.252 e. The lowest BCUT2D eigenvalue weighted by Crippen LogP contribution is -2.43. The Bertz CT molecular complexity index is 1800. The molecule has 4 heterocycles. The third-order valence-electron chi connectivity index (χ3n) is 7.93. The van der Waals surface area contributed by atoms with E-state index < -0.39 is 30.4 Å². The van der Waals surface area contributed by atoms with Gasteiger partial charge in [0, 0.05) is 46.3 Å². The number of imidazole rings is 1. The van der Waals surface area contributed by atoms with Gasteiger partial charge in [-0.15, -0.1) is 0 Å². The predicted octanol–water partition coefficient (Wildman–Crippen LogP) is 3.69. The van der Waals surface area contributed by atoms with Gasteiger partial charge in [-0.2, -0.15) is 0 Å². The Labute approximate surface area is 256 Å². The van der Waals surface area contributed by atoms with Crippen molar-refractivity contribution in [2.45, 2.75) is 56.4 Å². The summed E-state index contributed by atoms with van der Waals surface area (Å²) in [6.45, 7) is 1.25. The zero-order chi connectivity index (χ0) is 29.7. The Morgan fingerprint density at radius 2 is 1.81 bits per heavy atom. The Morgan fingerprint density at radius 3 is 2.60 bits per heavy atom. The van der Waals surface area contributed by atoms with Crippen molar-refractivity contribution in [3.63, 3.8) is 0 Å². The van der Waals surface area contributed by atoms with Crippen LogP contribution in [0.15, 0.2) is 61.3 Å². The minimum absolute atomic E-state index is 0.104. The predicted molar refractivity (Wildman–Crippen MR) is 162 cm³/mol. The minimum Gasteiger partial charge on any atom is -0.387 e. The number of anilines is 1. The van der Waals surface area contributed by atoms with Crippen molar-refractivity contribution in [1.82, 2.24) is 29.4 Å². The van der Waals surface area contributed by atoms with Crippen LogP contribution in [0.5, 0.6) is 0 Å². The monoisotopic (exact) mass is 621 g/mol. The van der Waals surface area contributed by atoms with Crippen molar-refractivity contribution in [1.29, 1.82) is 0 Å². The van der Waals surface area contributed by atoms with Gasteiger partial charge >= 0.3 is 0 Å². The van der Waals surface area contributed by atoms with E-state index in [-0.39, 0.29) is 6.04 Å². The van der Waals surface area contributed by atoms with Crippen LogP contribution in [0.1, 0.15) is 30.2 Å². The Hall–Kier alpha value is -3.74. The summed E-state index contributed by atoms with van der Waals surface area (Å²) in [5, 5.41) is 29.9. The van der Waals surface area contributed by atoms with Gasteiger partial charge in [0.25, 0.3) is 5.91 Å². The molecule has 4 atom stereocenters. The molecule has 1 saturated heterocycles. The first-order valence-electron chi connectivity index (χ1n) is 14.1. The minimum atomic E-state index is -1.38. The summed E-state index contributed by atoms with van der Waals surface area (Å²) in [5.74, 6) is 0.0801. The molecule has 1 amide bonds. The average molecular weight is 623 g/mol. The highest BCUT2D eigenvalue weighted by molar-refractivity contribution is 6.31. The van der Waals surface area contributed by atoms with Crippen molar-refractivity contribution < 1.29 is 19.7 Å². The van der Waals surface area contributed by atoms with E-state index in [2.05, 4.69) is 36.3 Å². The number of nitrogens with one attached hydrogen (secondary N) is 2. The summed E-state index contributed by atoms with van der Waals surface area (Å²) < 4.78 is 9.54. The van der Waals surface area contributed by atoms with Crippen LogP contribution in [0.25, 0.3) is 22.1 Å². The molecule has 2 aliphatic rings. The van der Waals surface area contributed by atoms with Gasteiger partial charge in [-0.05, 0) is 60.7 Å². The molecule has 2 fully saturated rings. The zero-order valence-electron chi connectivity index (χ0n) is 22.9. The van der Waals surface area contributed by atoms with Crippen LogP contribution in [0.3, 0.4) is 0 Å². The zero-order valence-corrected chi connectivity index (χ0v) is 24.4. The van der Waals surface area contributed by atoms with Crippen LogP contribution in [0.4, 0.5) is 5.82 Å². The number of nitrogens with zero attached hydrogens (tertiary/aromatic N) is 5. The molecule has 2 aromatic carbocycles. The molecule has 7 rings (SSSR count). The Morgan fingerprint density at radius 1 is 1.02 bits per heavy atom. The van der Waals surface area contributed by atoms with Gasteiger partial charge in [0.1, 0.15) is 18.5 Å². The molecular formula is C30H29Cl2N7O4. The van der Waals surface area contributed by atoms with E-state index in [1.54, 1.807) is 0 Å². The first-order valence-corrected chi connectivity index (χ1v) is 14.9. The number of aliphatic hydroxyl groups is 2. The largest absolute Gasteiger partial charge is 0.387 e. The molecule has 1 unspecified atom stereocenters. The van der Waals surface area contributed by atoms with Gasteiger partial charge in [0.15, 0.2) is 29.3 Å². The summed E-state index contributed by atoms with van der Waals surface area (Å²) in [7, 11) is 0. The molecule has 0 radical (unpaired) electrons. The van der Waals surface area contributed by atoms with Gasteiger partial charge in [-0.3, -0.25) is 9.36 Å². The summed E-state index contributed by atoms with van der Waals surface area (Å²) in [4.78, 5) is 25.7. The molecule has 0 spiro atoms. The van der Waals surface area contributed by atoms with Crippen LogP contribution < -0.4 is 10.6 Å². The SMILES string of the molecule is O=C(NC1CC1)[C@H]1OC(n2cnc3c(NCCc4cn(Cc5ccc(Cl)cc5)c5ccc(Cl)cc45)ncnc32)[C@H](O)[C@@H]1O. The molecule has 3 aromatic heterocycles. The van der Waals surface area contributed by atoms with Crippen LogP contribution in [0, 0.1) is 0 Å². The van der Waals surface area contributed by atoms with Crippen molar-refractivity contribution >= 4 is 57.0 Å². The lowest BCUT2D eigenvalue weighted by Gasteiger charge is -2.16. The van der Waals surface area contributed by atoms with E-state index in [1.807, 2.05) is 42.5 Å². The number of fused-ring (bicyclic) bond motifs is 2. The highest BCUT2D eigenvalue weighted by Crippen LogP contribution is 2.33. The number of ether oxygens (including phenoxy) is 1. The number of halogens is 2. The lowest BCUT2D eigenvalue weighted by molar-refractivity contribution is -0.137. The molecular weight excluding hydrogens is 593 g/mol. The first-order chi connectivity index (χ1) is 20.9. The highest BCUT2D eigenvalue weighted by atomic mass is 35.5. The molecule has 1 aliphatic heterocycles. The molecule has 222 valence electrons. The molecule has 1 saturated carbocycles. The van der Waals surface area contributed by atoms with Crippen molar-refractivity contribution in [3.05, 3.63) is 82.5 Å². The molecule has 0 bridgehead atoms. The number of carbonyl (C=O) groups is 1. The second kappa shape index (κ2) is 11.4. The number of hydrogen-bond acceptors (Lipinski definition) is 8. The van der Waals surface area contributed by atoms with E-state index in [4.69, 9.17) is 27.9 Å². The van der Waals surface area contributed by atoms with Gasteiger partial charge in [-0.1, -0.05) is 35.3 Å². The van der Waals surface area contributed by atoms with E-state index in [0.29, 0.717) is 46.5 Å². The highest BCUT2D eigenvalue weighted by Gasteiger charge is 2.48. The second-order valence-electron chi connectivity index (χ2n) is 11.0. The van der Waals surface area contributed by atoms with Crippen molar-refractivity contribution in [2.75, 3.05) is 11.9 Å². The summed E-state index contributed by atoms with van der Waals surface area (Å²) in [5.41, 5.74) is 4.23.